The molecule has 2 fully saturated rings. The summed E-state index contributed by atoms with van der Waals surface area (Å²) in [4.78, 5) is 25.1. The second-order valence-corrected chi connectivity index (χ2v) is 10.1. The minimum absolute atomic E-state index is 0.0457. The van der Waals surface area contributed by atoms with Crippen molar-refractivity contribution in [3.8, 4) is 0 Å². The number of anilines is 1. The predicted octanol–water partition coefficient (Wildman–Crippen LogP) is 5.31. The molecule has 0 radical (unpaired) electrons. The van der Waals surface area contributed by atoms with E-state index < -0.39 is 29.2 Å². The van der Waals surface area contributed by atoms with E-state index in [4.69, 9.17) is 16.7 Å². The van der Waals surface area contributed by atoms with Gasteiger partial charge in [-0.25, -0.2) is 4.79 Å². The molecule has 1 amide bonds. The number of benzene rings is 2. The van der Waals surface area contributed by atoms with Crippen molar-refractivity contribution >= 4 is 29.2 Å². The standard InChI is InChI=1S/C26H28ClF3N2O4/c27-21-15-19(8-9-20(21)22(33)34)31-12-4-7-18-16-24(18)10-13-32(14-11-24)23(35)25(36,26(28,29)30)17-5-2-1-3-6-17/h1-3,5-6,8-9,15,18,31,36H,4,7,10-14,16H2,(H,33,34)/t18-,25-/m1/s1. The van der Waals surface area contributed by atoms with E-state index in [0.717, 1.165) is 42.0 Å². The Morgan fingerprint density at radius 1 is 1.11 bits per heavy atom. The number of nitrogens with one attached hydrogen (secondary N) is 1. The van der Waals surface area contributed by atoms with E-state index in [-0.39, 0.29) is 29.1 Å². The highest BCUT2D eigenvalue weighted by atomic mass is 35.5. The molecule has 1 aliphatic heterocycles. The van der Waals surface area contributed by atoms with E-state index in [9.17, 15) is 27.9 Å². The van der Waals surface area contributed by atoms with Crippen LogP contribution in [0.2, 0.25) is 5.02 Å². The van der Waals surface area contributed by atoms with Gasteiger partial charge in [-0.3, -0.25) is 4.79 Å². The lowest BCUT2D eigenvalue weighted by Crippen LogP contribution is -2.57. The number of aromatic carboxylic acids is 1. The topological polar surface area (TPSA) is 89.9 Å². The molecule has 1 saturated carbocycles. The van der Waals surface area contributed by atoms with Gasteiger partial charge in [0.05, 0.1) is 10.6 Å². The van der Waals surface area contributed by atoms with E-state index in [1.54, 1.807) is 12.1 Å². The first-order valence-corrected chi connectivity index (χ1v) is 12.3. The minimum atomic E-state index is -5.13. The van der Waals surface area contributed by atoms with Crippen LogP contribution in [0.3, 0.4) is 0 Å². The van der Waals surface area contributed by atoms with Crippen LogP contribution in [-0.4, -0.2) is 52.8 Å². The largest absolute Gasteiger partial charge is 0.478 e. The fourth-order valence-corrected chi connectivity index (χ4v) is 5.57. The molecule has 194 valence electrons. The molecule has 1 aliphatic carbocycles. The number of halogens is 4. The Hall–Kier alpha value is -2.78. The molecule has 0 aromatic heterocycles. The van der Waals surface area contributed by atoms with Crippen LogP contribution >= 0.6 is 11.6 Å². The molecule has 0 unspecified atom stereocenters. The van der Waals surface area contributed by atoms with Crippen LogP contribution in [0.1, 0.15) is 48.0 Å². The molecule has 2 atom stereocenters. The zero-order valence-corrected chi connectivity index (χ0v) is 20.3. The lowest BCUT2D eigenvalue weighted by molar-refractivity contribution is -0.262. The number of piperidine rings is 1. The van der Waals surface area contributed by atoms with Crippen LogP contribution in [0.25, 0.3) is 0 Å². The predicted molar refractivity (Wildman–Crippen MR) is 129 cm³/mol. The number of carboxylic acid groups (broad SMARTS) is 1. The molecule has 1 spiro atoms. The van der Waals surface area contributed by atoms with Crippen LogP contribution in [0.15, 0.2) is 48.5 Å². The van der Waals surface area contributed by atoms with Gasteiger partial charge in [0, 0.05) is 30.9 Å². The number of aliphatic hydroxyl groups is 1. The lowest BCUT2D eigenvalue weighted by atomic mass is 9.86. The number of alkyl halides is 3. The first-order chi connectivity index (χ1) is 17.0. The molecular weight excluding hydrogens is 497 g/mol. The Labute approximate surface area is 212 Å². The molecule has 3 N–H and O–H groups in total. The lowest BCUT2D eigenvalue weighted by Gasteiger charge is -2.39. The number of likely N-dealkylation sites (tertiary alicyclic amines) is 1. The molecule has 2 aliphatic rings. The van der Waals surface area contributed by atoms with Crippen molar-refractivity contribution in [1.82, 2.24) is 4.90 Å². The molecule has 0 bridgehead atoms. The maximum atomic E-state index is 13.9. The number of carbonyl (C=O) groups excluding carboxylic acids is 1. The molecule has 10 heteroatoms. The molecule has 4 rings (SSSR count). The van der Waals surface area contributed by atoms with Gasteiger partial charge in [0.2, 0.25) is 0 Å². The molecule has 1 saturated heterocycles. The second-order valence-electron chi connectivity index (χ2n) is 9.70. The highest BCUT2D eigenvalue weighted by Gasteiger charge is 2.63. The summed E-state index contributed by atoms with van der Waals surface area (Å²) in [5.41, 5.74) is -3.20. The van der Waals surface area contributed by atoms with Crippen LogP contribution in [0.5, 0.6) is 0 Å². The van der Waals surface area contributed by atoms with Gasteiger partial charge in [0.15, 0.2) is 0 Å². The number of amides is 1. The average molecular weight is 525 g/mol. The summed E-state index contributed by atoms with van der Waals surface area (Å²) in [7, 11) is 0. The van der Waals surface area contributed by atoms with Crippen molar-refractivity contribution < 1.29 is 33.0 Å². The van der Waals surface area contributed by atoms with Gasteiger partial charge in [-0.15, -0.1) is 0 Å². The monoisotopic (exact) mass is 524 g/mol. The Morgan fingerprint density at radius 2 is 1.78 bits per heavy atom. The van der Waals surface area contributed by atoms with Crippen molar-refractivity contribution in [3.63, 3.8) is 0 Å². The van der Waals surface area contributed by atoms with Crippen LogP contribution in [0.4, 0.5) is 18.9 Å². The maximum Gasteiger partial charge on any atom is 0.430 e. The zero-order chi connectivity index (χ0) is 26.1. The number of carboxylic acids is 1. The van der Waals surface area contributed by atoms with Gasteiger partial charge >= 0.3 is 12.1 Å². The van der Waals surface area contributed by atoms with Gasteiger partial charge in [0.1, 0.15) is 0 Å². The summed E-state index contributed by atoms with van der Waals surface area (Å²) in [6.45, 7) is 1.05. The van der Waals surface area contributed by atoms with Crippen LogP contribution in [0, 0.1) is 11.3 Å². The number of carbonyl (C=O) groups is 2. The van der Waals surface area contributed by atoms with E-state index in [1.165, 1.54) is 24.3 Å². The quantitative estimate of drug-likeness (QED) is 0.407. The SMILES string of the molecule is O=C(O)c1ccc(NCCC[C@@H]2CC23CCN(C(=O)[C@](O)(c2ccccc2)C(F)(F)F)CC3)cc1Cl. The summed E-state index contributed by atoms with van der Waals surface area (Å²) >= 11 is 5.99. The minimum Gasteiger partial charge on any atom is -0.478 e. The Kier molecular flexibility index (Phi) is 7.26. The van der Waals surface area contributed by atoms with Crippen molar-refractivity contribution in [2.45, 2.75) is 43.9 Å². The van der Waals surface area contributed by atoms with E-state index in [1.807, 2.05) is 0 Å². The Bertz CT molecular complexity index is 1120. The molecule has 1 heterocycles. The number of hydrogen-bond acceptors (Lipinski definition) is 4. The third-order valence-corrected chi connectivity index (χ3v) is 7.89. The Balaban J connectivity index is 1.27. The van der Waals surface area contributed by atoms with Crippen molar-refractivity contribution in [1.29, 1.82) is 0 Å². The summed E-state index contributed by atoms with van der Waals surface area (Å²) in [6, 6.07) is 11.2. The van der Waals surface area contributed by atoms with Gasteiger partial charge < -0.3 is 20.4 Å². The third kappa shape index (κ3) is 5.04. The number of hydrogen-bond donors (Lipinski definition) is 3. The highest BCUT2D eigenvalue weighted by Crippen LogP contribution is 2.61. The Morgan fingerprint density at radius 3 is 2.36 bits per heavy atom. The summed E-state index contributed by atoms with van der Waals surface area (Å²) in [6.07, 6.45) is -1.10. The van der Waals surface area contributed by atoms with Gasteiger partial charge in [-0.2, -0.15) is 13.2 Å². The van der Waals surface area contributed by atoms with Crippen molar-refractivity contribution in [2.24, 2.45) is 11.3 Å². The third-order valence-electron chi connectivity index (χ3n) is 7.57. The van der Waals surface area contributed by atoms with Crippen molar-refractivity contribution in [3.05, 3.63) is 64.7 Å². The molecule has 2 aromatic carbocycles. The van der Waals surface area contributed by atoms with Crippen molar-refractivity contribution in [2.75, 3.05) is 25.0 Å². The molecule has 36 heavy (non-hydrogen) atoms. The summed E-state index contributed by atoms with van der Waals surface area (Å²) in [5, 5.41) is 23.0. The summed E-state index contributed by atoms with van der Waals surface area (Å²) in [5.74, 6) is -1.95. The van der Waals surface area contributed by atoms with Crippen LogP contribution < -0.4 is 5.32 Å². The highest BCUT2D eigenvalue weighted by molar-refractivity contribution is 6.33. The van der Waals surface area contributed by atoms with E-state index in [2.05, 4.69) is 5.32 Å². The van der Waals surface area contributed by atoms with Gasteiger partial charge in [0.25, 0.3) is 11.5 Å². The fraction of sp³-hybridized carbons (Fsp3) is 0.462. The molecule has 6 nitrogen and oxygen atoms in total. The van der Waals surface area contributed by atoms with E-state index in [0.29, 0.717) is 25.3 Å². The van der Waals surface area contributed by atoms with E-state index >= 15 is 0 Å². The van der Waals surface area contributed by atoms with Gasteiger partial charge in [-0.05, 0) is 61.6 Å². The maximum absolute atomic E-state index is 13.9. The first kappa shape index (κ1) is 26.3. The summed E-state index contributed by atoms with van der Waals surface area (Å²) < 4.78 is 41.6. The smallest absolute Gasteiger partial charge is 0.430 e. The number of rotatable bonds is 8. The second kappa shape index (κ2) is 9.94. The van der Waals surface area contributed by atoms with Crippen LogP contribution in [-0.2, 0) is 10.4 Å². The van der Waals surface area contributed by atoms with Gasteiger partial charge in [-0.1, -0.05) is 41.9 Å². The average Bonchev–Trinajstić information content (AvgIpc) is 3.52. The zero-order valence-electron chi connectivity index (χ0n) is 19.5. The first-order valence-electron chi connectivity index (χ1n) is 11.9. The molecular formula is C26H28ClF3N2O4. The number of nitrogens with zero attached hydrogens (tertiary/aromatic N) is 1. The normalized spacial score (nSPS) is 20.6. The fourth-order valence-electron chi connectivity index (χ4n) is 5.30. The molecule has 2 aromatic rings.